The molecule has 0 aliphatic carbocycles. The minimum absolute atomic E-state index is 0.0883. The summed E-state index contributed by atoms with van der Waals surface area (Å²) in [6, 6.07) is 4.87. The first kappa shape index (κ1) is 17.7. The number of carbonyl (C=O) groups is 2. The zero-order valence-corrected chi connectivity index (χ0v) is 13.5. The molecule has 0 aliphatic rings. The predicted octanol–water partition coefficient (Wildman–Crippen LogP) is 2.43. The molecule has 0 fully saturated rings. The van der Waals surface area contributed by atoms with Crippen LogP contribution < -0.4 is 10.9 Å². The lowest BCUT2D eigenvalue weighted by Gasteiger charge is -2.31. The van der Waals surface area contributed by atoms with E-state index in [1.165, 1.54) is 12.1 Å². The summed E-state index contributed by atoms with van der Waals surface area (Å²) in [5.74, 6) is -2.10. The summed E-state index contributed by atoms with van der Waals surface area (Å²) in [5, 5.41) is 12.2. The number of benzene rings is 1. The van der Waals surface area contributed by atoms with Gasteiger partial charge in [-0.15, -0.1) is 0 Å². The smallest absolute Gasteiger partial charge is 0.305 e. The summed E-state index contributed by atoms with van der Waals surface area (Å²) in [5.41, 5.74) is -1.14. The average molecular weight is 334 g/mol. The van der Waals surface area contributed by atoms with Crippen LogP contribution in [-0.4, -0.2) is 27.5 Å². The SMILES string of the molecule is CCC(CC)(CC(=O)O)NC(=O)c1cc(=O)[nH]c2cc(F)ccc12. The summed E-state index contributed by atoms with van der Waals surface area (Å²) in [7, 11) is 0. The highest BCUT2D eigenvalue weighted by Gasteiger charge is 2.31. The molecule has 24 heavy (non-hydrogen) atoms. The van der Waals surface area contributed by atoms with Gasteiger partial charge < -0.3 is 15.4 Å². The Hall–Kier alpha value is -2.70. The molecule has 0 radical (unpaired) electrons. The third kappa shape index (κ3) is 3.61. The summed E-state index contributed by atoms with van der Waals surface area (Å²) >= 11 is 0. The van der Waals surface area contributed by atoms with E-state index in [1.54, 1.807) is 13.8 Å². The molecule has 0 saturated carbocycles. The molecular formula is C17H19FN2O4. The molecule has 1 aromatic heterocycles. The summed E-state index contributed by atoms with van der Waals surface area (Å²) in [4.78, 5) is 38.0. The van der Waals surface area contributed by atoms with Crippen LogP contribution in [0, 0.1) is 5.82 Å². The number of hydrogen-bond donors (Lipinski definition) is 3. The Morgan fingerprint density at radius 2 is 1.92 bits per heavy atom. The Morgan fingerprint density at radius 1 is 1.25 bits per heavy atom. The number of aromatic nitrogens is 1. The van der Waals surface area contributed by atoms with E-state index in [1.807, 2.05) is 0 Å². The first-order valence-electron chi connectivity index (χ1n) is 7.67. The van der Waals surface area contributed by atoms with Crippen LogP contribution in [0.3, 0.4) is 0 Å². The van der Waals surface area contributed by atoms with E-state index >= 15 is 0 Å². The fourth-order valence-electron chi connectivity index (χ4n) is 2.74. The lowest BCUT2D eigenvalue weighted by molar-refractivity contribution is -0.138. The standard InChI is InChI=1S/C17H19FN2O4/c1-3-17(4-2,9-15(22)23)20-16(24)12-8-14(21)19-13-7-10(18)5-6-11(12)13/h5-8H,3-4,9H2,1-2H3,(H,19,21)(H,20,24)(H,22,23). The number of carboxylic acids is 1. The molecule has 7 heteroatoms. The van der Waals surface area contributed by atoms with Crippen LogP contribution in [0.4, 0.5) is 4.39 Å². The van der Waals surface area contributed by atoms with Gasteiger partial charge in [-0.05, 0) is 31.0 Å². The summed E-state index contributed by atoms with van der Waals surface area (Å²) in [6.07, 6.45) is 0.635. The highest BCUT2D eigenvalue weighted by atomic mass is 19.1. The molecule has 0 unspecified atom stereocenters. The molecule has 0 atom stereocenters. The molecule has 2 aromatic rings. The second-order valence-corrected chi connectivity index (χ2v) is 5.75. The fourth-order valence-corrected chi connectivity index (χ4v) is 2.74. The molecule has 0 bridgehead atoms. The van der Waals surface area contributed by atoms with Gasteiger partial charge in [0.25, 0.3) is 5.91 Å². The average Bonchev–Trinajstić information content (AvgIpc) is 2.52. The van der Waals surface area contributed by atoms with E-state index in [9.17, 15) is 18.8 Å². The second kappa shape index (κ2) is 6.82. The number of aliphatic carboxylic acids is 1. The number of halogens is 1. The lowest BCUT2D eigenvalue weighted by atomic mass is 9.88. The van der Waals surface area contributed by atoms with Crippen molar-refractivity contribution in [2.24, 2.45) is 0 Å². The van der Waals surface area contributed by atoms with Crippen LogP contribution in [-0.2, 0) is 4.79 Å². The number of fused-ring (bicyclic) bond motifs is 1. The van der Waals surface area contributed by atoms with Crippen molar-refractivity contribution < 1.29 is 19.1 Å². The summed E-state index contributed by atoms with van der Waals surface area (Å²) in [6.45, 7) is 3.58. The van der Waals surface area contributed by atoms with E-state index in [-0.39, 0.29) is 17.5 Å². The molecule has 0 saturated heterocycles. The van der Waals surface area contributed by atoms with Crippen molar-refractivity contribution in [1.82, 2.24) is 10.3 Å². The summed E-state index contributed by atoms with van der Waals surface area (Å²) < 4.78 is 13.3. The van der Waals surface area contributed by atoms with Crippen molar-refractivity contribution in [3.8, 4) is 0 Å². The van der Waals surface area contributed by atoms with Crippen molar-refractivity contribution in [2.45, 2.75) is 38.6 Å². The maximum absolute atomic E-state index is 13.3. The molecule has 1 heterocycles. The molecule has 1 aromatic carbocycles. The second-order valence-electron chi connectivity index (χ2n) is 5.75. The molecule has 128 valence electrons. The fraction of sp³-hybridized carbons (Fsp3) is 0.353. The number of carbonyl (C=O) groups excluding carboxylic acids is 1. The van der Waals surface area contributed by atoms with Crippen molar-refractivity contribution >= 4 is 22.8 Å². The third-order valence-electron chi connectivity index (χ3n) is 4.27. The topological polar surface area (TPSA) is 99.3 Å². The van der Waals surface area contributed by atoms with Gasteiger partial charge in [0.2, 0.25) is 5.56 Å². The van der Waals surface area contributed by atoms with Gasteiger partial charge in [-0.1, -0.05) is 13.8 Å². The van der Waals surface area contributed by atoms with Gasteiger partial charge in [-0.2, -0.15) is 0 Å². The predicted molar refractivity (Wildman–Crippen MR) is 87.6 cm³/mol. The highest BCUT2D eigenvalue weighted by Crippen LogP contribution is 2.22. The van der Waals surface area contributed by atoms with Gasteiger partial charge >= 0.3 is 5.97 Å². The van der Waals surface area contributed by atoms with Gasteiger partial charge in [-0.25, -0.2) is 4.39 Å². The molecule has 0 aliphatic heterocycles. The van der Waals surface area contributed by atoms with Gasteiger partial charge in [0.1, 0.15) is 5.82 Å². The van der Waals surface area contributed by atoms with Crippen LogP contribution >= 0.6 is 0 Å². The lowest BCUT2D eigenvalue weighted by Crippen LogP contribution is -2.49. The quantitative estimate of drug-likeness (QED) is 0.755. The monoisotopic (exact) mass is 334 g/mol. The van der Waals surface area contributed by atoms with Crippen LogP contribution in [0.25, 0.3) is 10.9 Å². The largest absolute Gasteiger partial charge is 0.481 e. The van der Waals surface area contributed by atoms with Gasteiger partial charge in [-0.3, -0.25) is 14.4 Å². The van der Waals surface area contributed by atoms with Gasteiger partial charge in [0.15, 0.2) is 0 Å². The van der Waals surface area contributed by atoms with E-state index in [0.29, 0.717) is 18.2 Å². The molecule has 1 amide bonds. The number of amides is 1. The molecular weight excluding hydrogens is 315 g/mol. The van der Waals surface area contributed by atoms with Gasteiger partial charge in [0.05, 0.1) is 23.0 Å². The van der Waals surface area contributed by atoms with E-state index in [4.69, 9.17) is 5.11 Å². The molecule has 3 N–H and O–H groups in total. The molecule has 2 rings (SSSR count). The van der Waals surface area contributed by atoms with Crippen LogP contribution in [0.15, 0.2) is 29.1 Å². The van der Waals surface area contributed by atoms with Crippen molar-refractivity contribution in [2.75, 3.05) is 0 Å². The minimum Gasteiger partial charge on any atom is -0.481 e. The molecule has 6 nitrogen and oxygen atoms in total. The zero-order valence-electron chi connectivity index (χ0n) is 13.5. The number of carboxylic acid groups (broad SMARTS) is 1. The molecule has 0 spiro atoms. The Kier molecular flexibility index (Phi) is 5.02. The Bertz CT molecular complexity index is 840. The van der Waals surface area contributed by atoms with E-state index < -0.39 is 28.8 Å². The Labute approximate surface area is 137 Å². The minimum atomic E-state index is -1.02. The number of pyridine rings is 1. The number of rotatable bonds is 6. The van der Waals surface area contributed by atoms with Crippen molar-refractivity contribution in [3.05, 3.63) is 46.0 Å². The van der Waals surface area contributed by atoms with Crippen molar-refractivity contribution in [3.63, 3.8) is 0 Å². The van der Waals surface area contributed by atoms with E-state index in [2.05, 4.69) is 10.3 Å². The van der Waals surface area contributed by atoms with Crippen LogP contribution in [0.2, 0.25) is 0 Å². The van der Waals surface area contributed by atoms with Crippen LogP contribution in [0.5, 0.6) is 0 Å². The maximum Gasteiger partial charge on any atom is 0.305 e. The van der Waals surface area contributed by atoms with E-state index in [0.717, 1.165) is 12.1 Å². The number of nitrogens with one attached hydrogen (secondary N) is 2. The normalized spacial score (nSPS) is 11.5. The van der Waals surface area contributed by atoms with Crippen LogP contribution in [0.1, 0.15) is 43.5 Å². The number of H-pyrrole nitrogens is 1. The third-order valence-corrected chi connectivity index (χ3v) is 4.27. The first-order chi connectivity index (χ1) is 11.3. The van der Waals surface area contributed by atoms with Gasteiger partial charge in [0, 0.05) is 11.5 Å². The Balaban J connectivity index is 2.47. The Morgan fingerprint density at radius 3 is 2.50 bits per heavy atom. The first-order valence-corrected chi connectivity index (χ1v) is 7.67. The van der Waals surface area contributed by atoms with Crippen molar-refractivity contribution in [1.29, 1.82) is 0 Å². The maximum atomic E-state index is 13.3. The highest BCUT2D eigenvalue weighted by molar-refractivity contribution is 6.06. The zero-order chi connectivity index (χ0) is 17.9. The number of hydrogen-bond acceptors (Lipinski definition) is 3. The number of aromatic amines is 1.